The van der Waals surface area contributed by atoms with Gasteiger partial charge in [0.05, 0.1) is 44.1 Å². The molecule has 0 fully saturated rings. The van der Waals surface area contributed by atoms with Crippen molar-refractivity contribution >= 4 is 87.2 Å². The second-order valence-electron chi connectivity index (χ2n) is 17.1. The summed E-state index contributed by atoms with van der Waals surface area (Å²) >= 11 is 0. The summed E-state index contributed by atoms with van der Waals surface area (Å²) in [7, 11) is 0. The van der Waals surface area contributed by atoms with E-state index in [-0.39, 0.29) is 0 Å². The van der Waals surface area contributed by atoms with Crippen molar-refractivity contribution in [3.05, 3.63) is 224 Å². The Hall–Kier alpha value is -8.81. The number of nitrogens with zero attached hydrogens (tertiary/aromatic N) is 7. The van der Waals surface area contributed by atoms with Crippen molar-refractivity contribution in [1.82, 2.24) is 33.2 Å². The van der Waals surface area contributed by atoms with E-state index in [0.717, 1.165) is 67.2 Å². The summed E-state index contributed by atoms with van der Waals surface area (Å²) in [6.07, 6.45) is 1.32. The highest BCUT2D eigenvalue weighted by atomic mass is 15.3. The second kappa shape index (κ2) is 14.4. The van der Waals surface area contributed by atoms with Crippen molar-refractivity contribution in [1.29, 1.82) is 0 Å². The number of hydrogen-bond donors (Lipinski definition) is 0. The maximum atomic E-state index is 5.45. The highest BCUT2D eigenvalue weighted by molar-refractivity contribution is 6.13. The molecule has 0 atom stereocenters. The fourth-order valence-corrected chi connectivity index (χ4v) is 10.7. The van der Waals surface area contributed by atoms with E-state index < -0.39 is 0 Å². The first-order valence-corrected chi connectivity index (χ1v) is 22.6. The Balaban J connectivity index is 0.969. The maximum Gasteiger partial charge on any atom is 0.239 e. The SMILES string of the molecule is c1ccc(-n2c3ccccc3c3ccccc32)c(CCc2nc(-n3c4ccccc4c4ccccc43)nc(-n3c4ccccc4c4cc(-n5c6ccccc6c6ccccc65)ccc43)n2)c1. The second-order valence-corrected chi connectivity index (χ2v) is 17.1. The lowest BCUT2D eigenvalue weighted by atomic mass is 10.1. The number of benzene rings is 9. The van der Waals surface area contributed by atoms with E-state index in [1.807, 2.05) is 0 Å². The molecule has 7 heteroatoms. The molecule has 0 radical (unpaired) electrons. The van der Waals surface area contributed by atoms with Crippen molar-refractivity contribution in [3.8, 4) is 23.3 Å². The van der Waals surface area contributed by atoms with Gasteiger partial charge < -0.3 is 9.13 Å². The van der Waals surface area contributed by atoms with E-state index >= 15 is 0 Å². The summed E-state index contributed by atoms with van der Waals surface area (Å²) in [5.41, 5.74) is 12.4. The first-order valence-electron chi connectivity index (χ1n) is 22.6. The number of aryl methyl sites for hydroxylation is 2. The highest BCUT2D eigenvalue weighted by Crippen LogP contribution is 2.38. The molecule has 14 aromatic rings. The molecular weight excluding hydrogens is 807 g/mol. The summed E-state index contributed by atoms with van der Waals surface area (Å²) < 4.78 is 9.23. The van der Waals surface area contributed by atoms with E-state index in [0.29, 0.717) is 18.3 Å². The van der Waals surface area contributed by atoms with Crippen molar-refractivity contribution in [3.63, 3.8) is 0 Å². The van der Waals surface area contributed by atoms with Crippen LogP contribution in [0, 0.1) is 0 Å². The Kier molecular flexibility index (Phi) is 7.97. The minimum Gasteiger partial charge on any atom is -0.309 e. The first kappa shape index (κ1) is 36.7. The number of aromatic nitrogens is 7. The zero-order valence-electron chi connectivity index (χ0n) is 35.8. The molecular formula is C59H39N7. The van der Waals surface area contributed by atoms with Gasteiger partial charge in [0.1, 0.15) is 5.82 Å². The van der Waals surface area contributed by atoms with Crippen LogP contribution < -0.4 is 0 Å². The molecule has 0 saturated carbocycles. The number of hydrogen-bond acceptors (Lipinski definition) is 3. The molecule has 5 aromatic heterocycles. The summed E-state index contributed by atoms with van der Waals surface area (Å²) in [6.45, 7) is 0. The molecule has 0 saturated heterocycles. The van der Waals surface area contributed by atoms with Crippen molar-refractivity contribution < 1.29 is 0 Å². The Morgan fingerprint density at radius 2 is 0.621 bits per heavy atom. The molecule has 0 bridgehead atoms. The van der Waals surface area contributed by atoms with Crippen LogP contribution in [-0.4, -0.2) is 33.2 Å². The average molecular weight is 846 g/mol. The van der Waals surface area contributed by atoms with Gasteiger partial charge in [-0.3, -0.25) is 9.13 Å². The van der Waals surface area contributed by atoms with Crippen LogP contribution in [0.25, 0.3) is 110 Å². The molecule has 5 heterocycles. The van der Waals surface area contributed by atoms with Crippen LogP contribution in [-0.2, 0) is 12.8 Å². The van der Waals surface area contributed by atoms with Gasteiger partial charge in [-0.25, -0.2) is 0 Å². The van der Waals surface area contributed by atoms with Crippen LogP contribution in [0.1, 0.15) is 11.4 Å². The van der Waals surface area contributed by atoms with Gasteiger partial charge in [-0.2, -0.15) is 15.0 Å². The molecule has 0 aliphatic rings. The number of fused-ring (bicyclic) bond motifs is 12. The highest BCUT2D eigenvalue weighted by Gasteiger charge is 2.22. The van der Waals surface area contributed by atoms with Crippen molar-refractivity contribution in [2.24, 2.45) is 0 Å². The van der Waals surface area contributed by atoms with E-state index in [4.69, 9.17) is 15.0 Å². The molecule has 0 aliphatic heterocycles. The lowest BCUT2D eigenvalue weighted by Gasteiger charge is -2.15. The Morgan fingerprint density at radius 3 is 1.08 bits per heavy atom. The zero-order valence-corrected chi connectivity index (χ0v) is 35.8. The fourth-order valence-electron chi connectivity index (χ4n) is 10.7. The number of para-hydroxylation sites is 8. The molecule has 0 N–H and O–H groups in total. The molecule has 0 unspecified atom stereocenters. The maximum absolute atomic E-state index is 5.45. The van der Waals surface area contributed by atoms with Gasteiger partial charge in [-0.15, -0.1) is 0 Å². The predicted octanol–water partition coefficient (Wildman–Crippen LogP) is 14.0. The molecule has 66 heavy (non-hydrogen) atoms. The minimum atomic E-state index is 0.586. The van der Waals surface area contributed by atoms with E-state index in [2.05, 4.69) is 231 Å². The standard InChI is InChI=1S/C59H39N7/c1-9-25-48(64-51-28-12-4-20-42(51)43-21-5-13-29-52(43)64)38(17-1)33-36-57-60-58(65-53-30-14-6-22-44(53)45-23-7-15-31-54(45)65)62-59(61-57)66-55-32-16-8-24-46(55)47-37-39(34-35-56(47)66)63-49-26-10-2-18-40(49)41-19-3-11-27-50(41)63/h1-32,34-35,37H,33,36H2. The van der Waals surface area contributed by atoms with Crippen molar-refractivity contribution in [2.45, 2.75) is 12.8 Å². The van der Waals surface area contributed by atoms with Gasteiger partial charge in [0.15, 0.2) is 0 Å². The van der Waals surface area contributed by atoms with Gasteiger partial charge in [0.25, 0.3) is 0 Å². The third-order valence-corrected chi connectivity index (χ3v) is 13.6. The van der Waals surface area contributed by atoms with Crippen molar-refractivity contribution in [2.75, 3.05) is 0 Å². The largest absolute Gasteiger partial charge is 0.309 e. The Morgan fingerprint density at radius 1 is 0.273 bits per heavy atom. The Bertz CT molecular complexity index is 4100. The molecule has 310 valence electrons. The molecule has 0 aliphatic carbocycles. The van der Waals surface area contributed by atoms with Crippen LogP contribution in [0.2, 0.25) is 0 Å². The number of rotatable bonds is 7. The van der Waals surface area contributed by atoms with E-state index in [1.165, 1.54) is 49.2 Å². The lowest BCUT2D eigenvalue weighted by Crippen LogP contribution is -2.13. The lowest BCUT2D eigenvalue weighted by molar-refractivity contribution is 0.788. The summed E-state index contributed by atoms with van der Waals surface area (Å²) in [5, 5.41) is 9.55. The normalized spacial score (nSPS) is 12.1. The first-order chi connectivity index (χ1) is 32.8. The van der Waals surface area contributed by atoms with Gasteiger partial charge in [-0.05, 0) is 78.7 Å². The summed E-state index contributed by atoms with van der Waals surface area (Å²) in [6, 6.07) is 76.0. The quantitative estimate of drug-likeness (QED) is 0.161. The molecule has 7 nitrogen and oxygen atoms in total. The van der Waals surface area contributed by atoms with E-state index in [1.54, 1.807) is 0 Å². The van der Waals surface area contributed by atoms with Crippen LogP contribution in [0.3, 0.4) is 0 Å². The molecule has 14 rings (SSSR count). The fraction of sp³-hybridized carbons (Fsp3) is 0.0339. The van der Waals surface area contributed by atoms with Gasteiger partial charge >= 0.3 is 0 Å². The molecule has 0 spiro atoms. The zero-order chi connectivity index (χ0) is 43.3. The molecule has 9 aromatic carbocycles. The average Bonchev–Trinajstić information content (AvgIpc) is 4.11. The van der Waals surface area contributed by atoms with Gasteiger partial charge in [0, 0.05) is 60.9 Å². The summed E-state index contributed by atoms with van der Waals surface area (Å²) in [4.78, 5) is 16.2. The van der Waals surface area contributed by atoms with Crippen LogP contribution >= 0.6 is 0 Å². The molecule has 0 amide bonds. The monoisotopic (exact) mass is 845 g/mol. The summed E-state index contributed by atoms with van der Waals surface area (Å²) in [5.74, 6) is 1.90. The topological polar surface area (TPSA) is 58.4 Å². The third kappa shape index (κ3) is 5.40. The van der Waals surface area contributed by atoms with Gasteiger partial charge in [-0.1, -0.05) is 146 Å². The van der Waals surface area contributed by atoms with Crippen LogP contribution in [0.5, 0.6) is 0 Å². The van der Waals surface area contributed by atoms with Crippen LogP contribution in [0.4, 0.5) is 0 Å². The van der Waals surface area contributed by atoms with E-state index in [9.17, 15) is 0 Å². The Labute approximate surface area is 378 Å². The third-order valence-electron chi connectivity index (χ3n) is 13.6. The predicted molar refractivity (Wildman–Crippen MR) is 271 cm³/mol. The van der Waals surface area contributed by atoms with Gasteiger partial charge in [0.2, 0.25) is 11.9 Å². The van der Waals surface area contributed by atoms with Crippen LogP contribution in [0.15, 0.2) is 212 Å². The minimum absolute atomic E-state index is 0.586. The smallest absolute Gasteiger partial charge is 0.239 e.